The van der Waals surface area contributed by atoms with Crippen molar-refractivity contribution in [2.75, 3.05) is 26.2 Å². The molecule has 0 unspecified atom stereocenters. The molecular formula is C14H21ClN2O. The molecule has 18 heavy (non-hydrogen) atoms. The van der Waals surface area contributed by atoms with E-state index in [1.54, 1.807) is 24.3 Å². The Morgan fingerprint density at radius 1 is 1.22 bits per heavy atom. The van der Waals surface area contributed by atoms with Crippen LogP contribution in [0.5, 0.6) is 0 Å². The topological polar surface area (TPSA) is 32.3 Å². The van der Waals surface area contributed by atoms with Crippen LogP contribution in [-0.2, 0) is 0 Å². The number of carbonyl (C=O) groups is 1. The maximum absolute atomic E-state index is 11.8. The number of nitrogens with one attached hydrogen (secondary N) is 1. The summed E-state index contributed by atoms with van der Waals surface area (Å²) in [5, 5.41) is 3.56. The molecule has 0 bridgehead atoms. The average Bonchev–Trinajstić information content (AvgIpc) is 2.39. The van der Waals surface area contributed by atoms with E-state index in [4.69, 9.17) is 11.6 Å². The standard InChI is InChI=1S/C14H21ClN2O/c1-3-17(4-2)11-5-10-16-14(18)12-6-8-13(15)9-7-12/h6-9H,3-5,10-11H2,1-2H3,(H,16,18). The maximum Gasteiger partial charge on any atom is 0.251 e. The first-order valence-corrected chi connectivity index (χ1v) is 6.81. The van der Waals surface area contributed by atoms with Gasteiger partial charge in [0.2, 0.25) is 0 Å². The van der Waals surface area contributed by atoms with Gasteiger partial charge >= 0.3 is 0 Å². The van der Waals surface area contributed by atoms with Gasteiger partial charge in [-0.1, -0.05) is 25.4 Å². The number of rotatable bonds is 7. The summed E-state index contributed by atoms with van der Waals surface area (Å²) in [5.41, 5.74) is 0.655. The fourth-order valence-electron chi connectivity index (χ4n) is 1.75. The van der Waals surface area contributed by atoms with Gasteiger partial charge < -0.3 is 10.2 Å². The molecule has 0 atom stereocenters. The summed E-state index contributed by atoms with van der Waals surface area (Å²) < 4.78 is 0. The Labute approximate surface area is 114 Å². The molecule has 1 rings (SSSR count). The molecule has 1 amide bonds. The summed E-state index contributed by atoms with van der Waals surface area (Å²) in [6.45, 7) is 8.14. The largest absolute Gasteiger partial charge is 0.352 e. The maximum atomic E-state index is 11.8. The van der Waals surface area contributed by atoms with Crippen molar-refractivity contribution in [2.24, 2.45) is 0 Å². The van der Waals surface area contributed by atoms with E-state index < -0.39 is 0 Å². The molecule has 0 fully saturated rings. The molecule has 0 radical (unpaired) electrons. The smallest absolute Gasteiger partial charge is 0.251 e. The molecule has 1 aromatic rings. The van der Waals surface area contributed by atoms with Gasteiger partial charge in [0.15, 0.2) is 0 Å². The van der Waals surface area contributed by atoms with Crippen LogP contribution in [-0.4, -0.2) is 37.0 Å². The summed E-state index contributed by atoms with van der Waals surface area (Å²) in [6, 6.07) is 6.93. The lowest BCUT2D eigenvalue weighted by atomic mass is 10.2. The summed E-state index contributed by atoms with van der Waals surface area (Å²) >= 11 is 5.77. The molecule has 0 aliphatic heterocycles. The molecule has 1 aromatic carbocycles. The molecule has 1 N–H and O–H groups in total. The monoisotopic (exact) mass is 268 g/mol. The third-order valence-electron chi connectivity index (χ3n) is 2.94. The second-order valence-electron chi connectivity index (χ2n) is 4.14. The van der Waals surface area contributed by atoms with Crippen molar-refractivity contribution in [3.8, 4) is 0 Å². The molecular weight excluding hydrogens is 248 g/mol. The highest BCUT2D eigenvalue weighted by atomic mass is 35.5. The predicted molar refractivity (Wildman–Crippen MR) is 76.2 cm³/mol. The average molecular weight is 269 g/mol. The third kappa shape index (κ3) is 5.07. The van der Waals surface area contributed by atoms with Crippen LogP contribution in [0.2, 0.25) is 5.02 Å². The Bertz CT molecular complexity index is 361. The van der Waals surface area contributed by atoms with Crippen molar-refractivity contribution in [2.45, 2.75) is 20.3 Å². The molecule has 4 heteroatoms. The minimum absolute atomic E-state index is 0.0359. The molecule has 0 aromatic heterocycles. The highest BCUT2D eigenvalue weighted by Crippen LogP contribution is 2.09. The first-order chi connectivity index (χ1) is 8.67. The van der Waals surface area contributed by atoms with Gasteiger partial charge in [-0.15, -0.1) is 0 Å². The van der Waals surface area contributed by atoms with Gasteiger partial charge in [-0.2, -0.15) is 0 Å². The van der Waals surface area contributed by atoms with Crippen molar-refractivity contribution in [3.63, 3.8) is 0 Å². The second-order valence-corrected chi connectivity index (χ2v) is 4.58. The van der Waals surface area contributed by atoms with Crippen molar-refractivity contribution >= 4 is 17.5 Å². The quantitative estimate of drug-likeness (QED) is 0.772. The van der Waals surface area contributed by atoms with Crippen LogP contribution in [0.4, 0.5) is 0 Å². The highest BCUT2D eigenvalue weighted by molar-refractivity contribution is 6.30. The van der Waals surface area contributed by atoms with E-state index in [1.165, 1.54) is 0 Å². The molecule has 0 heterocycles. The van der Waals surface area contributed by atoms with Gasteiger partial charge in [-0.05, 0) is 50.3 Å². The Kier molecular flexibility index (Phi) is 6.76. The molecule has 0 spiro atoms. The summed E-state index contributed by atoms with van der Waals surface area (Å²) in [4.78, 5) is 14.1. The first kappa shape index (κ1) is 15.0. The summed E-state index contributed by atoms with van der Waals surface area (Å²) in [7, 11) is 0. The molecule has 100 valence electrons. The van der Waals surface area contributed by atoms with Crippen LogP contribution in [0.15, 0.2) is 24.3 Å². The fourth-order valence-corrected chi connectivity index (χ4v) is 1.87. The van der Waals surface area contributed by atoms with Crippen LogP contribution in [0, 0.1) is 0 Å². The lowest BCUT2D eigenvalue weighted by Crippen LogP contribution is -2.29. The van der Waals surface area contributed by atoms with E-state index in [1.807, 2.05) is 0 Å². The van der Waals surface area contributed by atoms with Crippen molar-refractivity contribution < 1.29 is 4.79 Å². The van der Waals surface area contributed by atoms with Crippen LogP contribution < -0.4 is 5.32 Å². The van der Waals surface area contributed by atoms with Crippen LogP contribution in [0.3, 0.4) is 0 Å². The number of carbonyl (C=O) groups excluding carboxylic acids is 1. The van der Waals surface area contributed by atoms with E-state index in [0.29, 0.717) is 17.1 Å². The number of halogens is 1. The molecule has 0 aliphatic carbocycles. The number of amides is 1. The van der Waals surface area contributed by atoms with Gasteiger partial charge in [-0.25, -0.2) is 0 Å². The second kappa shape index (κ2) is 8.11. The lowest BCUT2D eigenvalue weighted by Gasteiger charge is -2.17. The molecule has 0 saturated carbocycles. The van der Waals surface area contributed by atoms with E-state index in [0.717, 1.165) is 26.1 Å². The Hall–Kier alpha value is -1.06. The number of nitrogens with zero attached hydrogens (tertiary/aromatic N) is 1. The third-order valence-corrected chi connectivity index (χ3v) is 3.19. The minimum atomic E-state index is -0.0359. The fraction of sp³-hybridized carbons (Fsp3) is 0.500. The van der Waals surface area contributed by atoms with Crippen molar-refractivity contribution in [3.05, 3.63) is 34.9 Å². The van der Waals surface area contributed by atoms with Gasteiger partial charge in [-0.3, -0.25) is 4.79 Å². The van der Waals surface area contributed by atoms with E-state index in [-0.39, 0.29) is 5.91 Å². The zero-order valence-corrected chi connectivity index (χ0v) is 11.8. The lowest BCUT2D eigenvalue weighted by molar-refractivity contribution is 0.0952. The highest BCUT2D eigenvalue weighted by Gasteiger charge is 2.04. The van der Waals surface area contributed by atoms with Crippen LogP contribution >= 0.6 is 11.6 Å². The number of hydrogen-bond acceptors (Lipinski definition) is 2. The van der Waals surface area contributed by atoms with Gasteiger partial charge in [0.1, 0.15) is 0 Å². The van der Waals surface area contributed by atoms with Crippen LogP contribution in [0.25, 0.3) is 0 Å². The Balaban J connectivity index is 2.27. The van der Waals surface area contributed by atoms with E-state index >= 15 is 0 Å². The van der Waals surface area contributed by atoms with Crippen molar-refractivity contribution in [1.29, 1.82) is 0 Å². The van der Waals surface area contributed by atoms with Gasteiger partial charge in [0.05, 0.1) is 0 Å². The first-order valence-electron chi connectivity index (χ1n) is 6.43. The molecule has 0 saturated heterocycles. The molecule has 3 nitrogen and oxygen atoms in total. The van der Waals surface area contributed by atoms with Gasteiger partial charge in [0.25, 0.3) is 5.91 Å². The SMILES string of the molecule is CCN(CC)CCCNC(=O)c1ccc(Cl)cc1. The number of hydrogen-bond donors (Lipinski definition) is 1. The molecule has 0 aliphatic rings. The van der Waals surface area contributed by atoms with E-state index in [9.17, 15) is 4.79 Å². The zero-order chi connectivity index (χ0) is 13.4. The Morgan fingerprint density at radius 3 is 2.39 bits per heavy atom. The number of benzene rings is 1. The predicted octanol–water partition coefficient (Wildman–Crippen LogP) is 2.80. The Morgan fingerprint density at radius 2 is 1.83 bits per heavy atom. The summed E-state index contributed by atoms with van der Waals surface area (Å²) in [5.74, 6) is -0.0359. The van der Waals surface area contributed by atoms with Crippen molar-refractivity contribution in [1.82, 2.24) is 10.2 Å². The summed E-state index contributed by atoms with van der Waals surface area (Å²) in [6.07, 6.45) is 0.973. The zero-order valence-electron chi connectivity index (χ0n) is 11.1. The minimum Gasteiger partial charge on any atom is -0.352 e. The van der Waals surface area contributed by atoms with Gasteiger partial charge in [0, 0.05) is 17.1 Å². The van der Waals surface area contributed by atoms with Crippen LogP contribution in [0.1, 0.15) is 30.6 Å². The van der Waals surface area contributed by atoms with E-state index in [2.05, 4.69) is 24.1 Å². The normalized spacial score (nSPS) is 10.7.